The van der Waals surface area contributed by atoms with E-state index in [0.29, 0.717) is 23.4 Å². The molecule has 0 amide bonds. The lowest BCUT2D eigenvalue weighted by Gasteiger charge is -2.42. The normalized spacial score (nSPS) is 16.0. The molecule has 0 saturated heterocycles. The number of nitrogens with two attached hydrogens (primary N) is 1. The first-order valence-corrected chi connectivity index (χ1v) is 7.54. The van der Waals surface area contributed by atoms with Gasteiger partial charge in [0.1, 0.15) is 17.5 Å². The van der Waals surface area contributed by atoms with Crippen LogP contribution < -0.4 is 5.73 Å². The van der Waals surface area contributed by atoms with Crippen LogP contribution in [0, 0.1) is 11.6 Å². The lowest BCUT2D eigenvalue weighted by molar-refractivity contribution is 0.100. The van der Waals surface area contributed by atoms with Crippen molar-refractivity contribution in [2.75, 3.05) is 6.54 Å². The second-order valence-electron chi connectivity index (χ2n) is 5.95. The number of carbonyl (C=O) groups excluding carboxylic acids is 1. The van der Waals surface area contributed by atoms with Gasteiger partial charge in [0.05, 0.1) is 12.1 Å². The van der Waals surface area contributed by atoms with E-state index in [1.54, 1.807) is 0 Å². The zero-order valence-electron chi connectivity index (χ0n) is 12.6. The molecule has 23 heavy (non-hydrogen) atoms. The van der Waals surface area contributed by atoms with Gasteiger partial charge >= 0.3 is 0 Å². The number of Topliss-reactive ketones (excluding diaryl/α,β-unsaturated/α-hetero) is 1. The topological polar surface area (TPSA) is 68.9 Å². The van der Waals surface area contributed by atoms with Crippen LogP contribution in [0.15, 0.2) is 30.6 Å². The van der Waals surface area contributed by atoms with E-state index in [2.05, 4.69) is 9.97 Å². The zero-order chi connectivity index (χ0) is 16.4. The van der Waals surface area contributed by atoms with Crippen LogP contribution in [0.5, 0.6) is 0 Å². The van der Waals surface area contributed by atoms with E-state index in [0.717, 1.165) is 31.4 Å². The molecule has 1 fully saturated rings. The van der Waals surface area contributed by atoms with Gasteiger partial charge in [0, 0.05) is 24.2 Å². The number of nitrogens with zero attached hydrogens (tertiary/aromatic N) is 2. The van der Waals surface area contributed by atoms with Gasteiger partial charge in [0.2, 0.25) is 0 Å². The summed E-state index contributed by atoms with van der Waals surface area (Å²) >= 11 is 0. The predicted octanol–water partition coefficient (Wildman–Crippen LogP) is 2.56. The maximum atomic E-state index is 14.1. The van der Waals surface area contributed by atoms with Gasteiger partial charge in [-0.1, -0.05) is 6.42 Å². The number of hydrogen-bond acceptors (Lipinski definition) is 4. The van der Waals surface area contributed by atoms with Crippen molar-refractivity contribution in [1.29, 1.82) is 0 Å². The Morgan fingerprint density at radius 3 is 2.48 bits per heavy atom. The highest BCUT2D eigenvalue weighted by molar-refractivity contribution is 5.96. The van der Waals surface area contributed by atoms with Gasteiger partial charge in [-0.3, -0.25) is 4.79 Å². The summed E-state index contributed by atoms with van der Waals surface area (Å²) in [5.41, 5.74) is 5.57. The Balaban J connectivity index is 1.87. The second kappa shape index (κ2) is 6.12. The van der Waals surface area contributed by atoms with Crippen molar-refractivity contribution in [2.24, 2.45) is 5.73 Å². The van der Waals surface area contributed by atoms with Gasteiger partial charge in [-0.15, -0.1) is 0 Å². The maximum Gasteiger partial charge on any atom is 0.179 e. The molecule has 0 radical (unpaired) electrons. The molecule has 6 heteroatoms. The fourth-order valence-electron chi connectivity index (χ4n) is 3.06. The summed E-state index contributed by atoms with van der Waals surface area (Å²) in [5.74, 6) is -0.563. The maximum absolute atomic E-state index is 14.1. The molecule has 1 aromatic carbocycles. The lowest BCUT2D eigenvalue weighted by Crippen LogP contribution is -2.38. The molecule has 1 saturated carbocycles. The highest BCUT2D eigenvalue weighted by Gasteiger charge is 2.41. The van der Waals surface area contributed by atoms with E-state index < -0.39 is 17.0 Å². The Morgan fingerprint density at radius 2 is 1.91 bits per heavy atom. The van der Waals surface area contributed by atoms with Crippen LogP contribution in [0.2, 0.25) is 0 Å². The molecular formula is C17H17F2N3O. The third-order valence-corrected chi connectivity index (χ3v) is 4.52. The molecular weight excluding hydrogens is 300 g/mol. The van der Waals surface area contributed by atoms with Gasteiger partial charge in [-0.25, -0.2) is 18.7 Å². The van der Waals surface area contributed by atoms with Crippen molar-refractivity contribution < 1.29 is 13.6 Å². The monoisotopic (exact) mass is 317 g/mol. The van der Waals surface area contributed by atoms with Crippen LogP contribution in [-0.2, 0) is 11.8 Å². The predicted molar refractivity (Wildman–Crippen MR) is 81.0 cm³/mol. The first kappa shape index (κ1) is 15.7. The Hall–Kier alpha value is -2.21. The molecule has 1 heterocycles. The summed E-state index contributed by atoms with van der Waals surface area (Å²) in [6, 6.07) is 3.55. The largest absolute Gasteiger partial charge is 0.324 e. The number of rotatable bonds is 5. The number of halogens is 2. The van der Waals surface area contributed by atoms with Crippen LogP contribution in [0.3, 0.4) is 0 Å². The van der Waals surface area contributed by atoms with Crippen molar-refractivity contribution >= 4 is 5.78 Å². The third-order valence-electron chi connectivity index (χ3n) is 4.52. The summed E-state index contributed by atoms with van der Waals surface area (Å²) in [6.45, 7) is -0.0961. The first-order valence-electron chi connectivity index (χ1n) is 7.54. The van der Waals surface area contributed by atoms with Crippen LogP contribution >= 0.6 is 0 Å². The fraction of sp³-hybridized carbons (Fsp3) is 0.353. The molecule has 1 aliphatic carbocycles. The Bertz CT molecular complexity index is 727. The lowest BCUT2D eigenvalue weighted by atomic mass is 9.62. The van der Waals surface area contributed by atoms with Crippen molar-refractivity contribution in [1.82, 2.24) is 9.97 Å². The van der Waals surface area contributed by atoms with Crippen LogP contribution in [0.25, 0.3) is 0 Å². The third kappa shape index (κ3) is 2.99. The summed E-state index contributed by atoms with van der Waals surface area (Å²) < 4.78 is 27.6. The number of ketones is 1. The number of benzene rings is 1. The number of aromatic nitrogens is 2. The molecule has 4 nitrogen and oxygen atoms in total. The van der Waals surface area contributed by atoms with Crippen LogP contribution in [-0.4, -0.2) is 22.3 Å². The van der Waals surface area contributed by atoms with Gasteiger partial charge < -0.3 is 5.73 Å². The van der Waals surface area contributed by atoms with E-state index in [4.69, 9.17) is 5.73 Å². The highest BCUT2D eigenvalue weighted by atomic mass is 19.1. The molecule has 1 aliphatic rings. The molecule has 2 aromatic rings. The minimum atomic E-state index is -0.467. The Kier molecular flexibility index (Phi) is 4.17. The summed E-state index contributed by atoms with van der Waals surface area (Å²) in [7, 11) is 0. The molecule has 0 atom stereocenters. The van der Waals surface area contributed by atoms with Gasteiger partial charge in [-0.05, 0) is 36.6 Å². The molecule has 0 bridgehead atoms. The minimum Gasteiger partial charge on any atom is -0.324 e. The average Bonchev–Trinajstić information content (AvgIpc) is 2.53. The molecule has 0 aliphatic heterocycles. The van der Waals surface area contributed by atoms with Gasteiger partial charge in [0.15, 0.2) is 5.78 Å². The second-order valence-corrected chi connectivity index (χ2v) is 5.95. The number of hydrogen-bond donors (Lipinski definition) is 1. The van der Waals surface area contributed by atoms with Crippen molar-refractivity contribution in [2.45, 2.75) is 31.1 Å². The fourth-order valence-corrected chi connectivity index (χ4v) is 3.06. The summed E-state index contributed by atoms with van der Waals surface area (Å²) in [6.07, 6.45) is 5.78. The van der Waals surface area contributed by atoms with Gasteiger partial charge in [0.25, 0.3) is 0 Å². The SMILES string of the molecule is NCC(=O)c1cnc(CC2(c3cc(F)ccc3F)CCC2)nc1. The van der Waals surface area contributed by atoms with E-state index >= 15 is 0 Å². The van der Waals surface area contributed by atoms with E-state index in [9.17, 15) is 13.6 Å². The van der Waals surface area contributed by atoms with Crippen LogP contribution in [0.1, 0.15) is 41.0 Å². The Morgan fingerprint density at radius 1 is 1.22 bits per heavy atom. The molecule has 0 spiro atoms. The smallest absolute Gasteiger partial charge is 0.179 e. The average molecular weight is 317 g/mol. The quantitative estimate of drug-likeness (QED) is 0.861. The Labute approximate surface area is 132 Å². The summed E-state index contributed by atoms with van der Waals surface area (Å²) in [4.78, 5) is 19.9. The van der Waals surface area contributed by atoms with Crippen molar-refractivity contribution in [3.05, 3.63) is 59.2 Å². The zero-order valence-corrected chi connectivity index (χ0v) is 12.6. The molecule has 2 N–H and O–H groups in total. The molecule has 0 unspecified atom stereocenters. The van der Waals surface area contributed by atoms with E-state index in [1.165, 1.54) is 18.5 Å². The highest BCUT2D eigenvalue weighted by Crippen LogP contribution is 2.46. The summed E-state index contributed by atoms with van der Waals surface area (Å²) in [5, 5.41) is 0. The van der Waals surface area contributed by atoms with E-state index in [-0.39, 0.29) is 12.3 Å². The first-order chi connectivity index (χ1) is 11.0. The molecule has 3 rings (SSSR count). The molecule has 120 valence electrons. The standard InChI is InChI=1S/C17H17F2N3O/c18-12-2-3-14(19)13(6-12)17(4-1-5-17)7-16-21-9-11(10-22-16)15(23)8-20/h2-3,6,9-10H,1,4-5,7-8,20H2. The van der Waals surface area contributed by atoms with Gasteiger partial charge in [-0.2, -0.15) is 0 Å². The molecule has 1 aromatic heterocycles. The number of carbonyl (C=O) groups is 1. The van der Waals surface area contributed by atoms with Crippen molar-refractivity contribution in [3.63, 3.8) is 0 Å². The van der Waals surface area contributed by atoms with Crippen LogP contribution in [0.4, 0.5) is 8.78 Å². The minimum absolute atomic E-state index is 0.0961. The van der Waals surface area contributed by atoms with Crippen molar-refractivity contribution in [3.8, 4) is 0 Å². The van der Waals surface area contributed by atoms with E-state index in [1.807, 2.05) is 0 Å².